The molecular weight excluding hydrogens is 479 g/mol. The van der Waals surface area contributed by atoms with Gasteiger partial charge in [0.1, 0.15) is 0 Å². The van der Waals surface area contributed by atoms with Gasteiger partial charge < -0.3 is 19.9 Å². The van der Waals surface area contributed by atoms with Crippen molar-refractivity contribution in [2.24, 2.45) is 10.9 Å². The Hall–Kier alpha value is -1.77. The fourth-order valence-electron chi connectivity index (χ4n) is 3.72. The molecule has 2 aliphatic heterocycles. The number of hydrogen-bond acceptors (Lipinski definition) is 4. The molecule has 0 bridgehead atoms. The summed E-state index contributed by atoms with van der Waals surface area (Å²) in [6, 6.07) is 8.64. The molecular formula is C22H33IN4O2. The lowest BCUT2D eigenvalue weighted by Gasteiger charge is -2.34. The van der Waals surface area contributed by atoms with Gasteiger partial charge in [-0.1, -0.05) is 24.3 Å². The monoisotopic (exact) mass is 512 g/mol. The zero-order valence-electron chi connectivity index (χ0n) is 17.5. The summed E-state index contributed by atoms with van der Waals surface area (Å²) < 4.78 is 5.22. The number of anilines is 1. The van der Waals surface area contributed by atoms with Gasteiger partial charge in [0.05, 0.1) is 19.1 Å². The van der Waals surface area contributed by atoms with Gasteiger partial charge in [0.25, 0.3) is 0 Å². The van der Waals surface area contributed by atoms with Crippen LogP contribution in [0.1, 0.15) is 32.3 Å². The van der Waals surface area contributed by atoms with Gasteiger partial charge in [-0.05, 0) is 44.4 Å². The highest BCUT2D eigenvalue weighted by Gasteiger charge is 2.28. The fraction of sp³-hybridized carbons (Fsp3) is 0.545. The molecule has 1 fully saturated rings. The van der Waals surface area contributed by atoms with E-state index in [9.17, 15) is 4.79 Å². The van der Waals surface area contributed by atoms with Crippen molar-refractivity contribution in [1.82, 2.24) is 10.2 Å². The maximum Gasteiger partial charge on any atom is 0.310 e. The topological polar surface area (TPSA) is 57.2 Å². The van der Waals surface area contributed by atoms with Crippen LogP contribution < -0.4 is 10.2 Å². The Balaban J connectivity index is 0.00000300. The normalized spacial score (nSPS) is 19.1. The van der Waals surface area contributed by atoms with Crippen LogP contribution in [0, 0.1) is 5.92 Å². The number of ether oxygens (including phenoxy) is 1. The van der Waals surface area contributed by atoms with Crippen molar-refractivity contribution in [3.63, 3.8) is 0 Å². The number of guanidine groups is 1. The first-order chi connectivity index (χ1) is 13.7. The summed E-state index contributed by atoms with van der Waals surface area (Å²) in [6.07, 6.45) is 6.26. The molecule has 0 radical (unpaired) electrons. The lowest BCUT2D eigenvalue weighted by molar-refractivity contribution is -0.149. The summed E-state index contributed by atoms with van der Waals surface area (Å²) in [4.78, 5) is 21.5. The van der Waals surface area contributed by atoms with Crippen LogP contribution in [0.5, 0.6) is 0 Å². The molecule has 1 aromatic rings. The molecule has 0 aromatic heterocycles. The maximum absolute atomic E-state index is 12.1. The molecule has 1 saturated heterocycles. The smallest absolute Gasteiger partial charge is 0.310 e. The molecule has 29 heavy (non-hydrogen) atoms. The Morgan fingerprint density at radius 3 is 2.59 bits per heavy atom. The summed E-state index contributed by atoms with van der Waals surface area (Å²) in [5.41, 5.74) is 2.43. The Morgan fingerprint density at radius 1 is 1.21 bits per heavy atom. The average molecular weight is 512 g/mol. The van der Waals surface area contributed by atoms with E-state index in [-0.39, 0.29) is 35.9 Å². The number of likely N-dealkylation sites (tertiary alicyclic amines) is 1. The molecule has 3 rings (SSSR count). The van der Waals surface area contributed by atoms with E-state index >= 15 is 0 Å². The molecule has 1 atom stereocenters. The summed E-state index contributed by atoms with van der Waals surface area (Å²) in [5, 5.41) is 3.38. The standard InChI is InChI=1S/C22H32N4O2.HI/c1-3-23-22(26-15-7-8-19(17-26)21(27)28-4-2)24-16-18-9-11-20(12-10-18)25-13-5-6-14-25;/h5-6,9-12,19H,3-4,7-8,13-17H2,1-2H3,(H,23,24);1H. The first kappa shape index (κ1) is 23.5. The van der Waals surface area contributed by atoms with Crippen molar-refractivity contribution in [1.29, 1.82) is 0 Å². The highest BCUT2D eigenvalue weighted by Crippen LogP contribution is 2.20. The predicted octanol–water partition coefficient (Wildman–Crippen LogP) is 3.42. The summed E-state index contributed by atoms with van der Waals surface area (Å²) in [6.45, 7) is 9.36. The van der Waals surface area contributed by atoms with Gasteiger partial charge in [-0.3, -0.25) is 4.79 Å². The largest absolute Gasteiger partial charge is 0.466 e. The third-order valence-electron chi connectivity index (χ3n) is 5.21. The molecule has 1 aromatic carbocycles. The van der Waals surface area contributed by atoms with Crippen LogP contribution in [-0.2, 0) is 16.1 Å². The summed E-state index contributed by atoms with van der Waals surface area (Å²) in [7, 11) is 0. The highest BCUT2D eigenvalue weighted by molar-refractivity contribution is 14.0. The van der Waals surface area contributed by atoms with Crippen molar-refractivity contribution in [3.05, 3.63) is 42.0 Å². The van der Waals surface area contributed by atoms with E-state index in [2.05, 4.69) is 58.5 Å². The summed E-state index contributed by atoms with van der Waals surface area (Å²) in [5.74, 6) is 0.727. The lowest BCUT2D eigenvalue weighted by Crippen LogP contribution is -2.48. The van der Waals surface area contributed by atoms with Crippen molar-refractivity contribution >= 4 is 41.6 Å². The van der Waals surface area contributed by atoms with E-state index in [0.717, 1.165) is 45.0 Å². The third kappa shape index (κ3) is 6.62. The quantitative estimate of drug-likeness (QED) is 0.208. The van der Waals surface area contributed by atoms with E-state index in [0.29, 0.717) is 19.7 Å². The van der Waals surface area contributed by atoms with Crippen LogP contribution in [0.15, 0.2) is 41.4 Å². The van der Waals surface area contributed by atoms with Gasteiger partial charge in [-0.15, -0.1) is 24.0 Å². The van der Waals surface area contributed by atoms with Gasteiger partial charge in [0, 0.05) is 38.4 Å². The molecule has 1 N–H and O–H groups in total. The Bertz CT molecular complexity index is 697. The molecule has 0 aliphatic carbocycles. The molecule has 160 valence electrons. The predicted molar refractivity (Wildman–Crippen MR) is 129 cm³/mol. The van der Waals surface area contributed by atoms with E-state index < -0.39 is 0 Å². The van der Waals surface area contributed by atoms with E-state index in [4.69, 9.17) is 9.73 Å². The van der Waals surface area contributed by atoms with Crippen LogP contribution >= 0.6 is 24.0 Å². The zero-order chi connectivity index (χ0) is 19.8. The number of nitrogens with zero attached hydrogens (tertiary/aromatic N) is 3. The van der Waals surface area contributed by atoms with Crippen molar-refractivity contribution in [2.45, 2.75) is 33.2 Å². The van der Waals surface area contributed by atoms with Gasteiger partial charge in [-0.2, -0.15) is 0 Å². The number of benzene rings is 1. The fourth-order valence-corrected chi connectivity index (χ4v) is 3.72. The molecule has 1 unspecified atom stereocenters. The molecule has 0 saturated carbocycles. The Morgan fingerprint density at radius 2 is 1.93 bits per heavy atom. The van der Waals surface area contributed by atoms with E-state index in [1.165, 1.54) is 11.3 Å². The number of carbonyl (C=O) groups excluding carboxylic acids is 1. The van der Waals surface area contributed by atoms with Crippen molar-refractivity contribution < 1.29 is 9.53 Å². The first-order valence-corrected chi connectivity index (χ1v) is 10.4. The molecule has 6 nitrogen and oxygen atoms in total. The van der Waals surface area contributed by atoms with Gasteiger partial charge >= 0.3 is 5.97 Å². The third-order valence-corrected chi connectivity index (χ3v) is 5.21. The summed E-state index contributed by atoms with van der Waals surface area (Å²) >= 11 is 0. The number of piperidine rings is 1. The zero-order valence-corrected chi connectivity index (χ0v) is 19.8. The maximum atomic E-state index is 12.1. The number of aliphatic imine (C=N–C) groups is 1. The van der Waals surface area contributed by atoms with Gasteiger partial charge in [0.2, 0.25) is 0 Å². The first-order valence-electron chi connectivity index (χ1n) is 10.4. The van der Waals surface area contributed by atoms with Crippen LogP contribution in [0.25, 0.3) is 0 Å². The van der Waals surface area contributed by atoms with Crippen LogP contribution in [0.4, 0.5) is 5.69 Å². The number of carbonyl (C=O) groups is 1. The molecule has 0 amide bonds. The molecule has 2 aliphatic rings. The van der Waals surface area contributed by atoms with Crippen LogP contribution in [0.2, 0.25) is 0 Å². The van der Waals surface area contributed by atoms with Crippen LogP contribution in [-0.4, -0.2) is 56.2 Å². The second-order valence-corrected chi connectivity index (χ2v) is 7.25. The lowest BCUT2D eigenvalue weighted by atomic mass is 9.98. The average Bonchev–Trinajstić information content (AvgIpc) is 3.27. The molecule has 2 heterocycles. The minimum atomic E-state index is -0.0879. The Kier molecular flexibility index (Phi) is 9.76. The minimum absolute atomic E-state index is 0. The number of nitrogens with one attached hydrogen (secondary N) is 1. The van der Waals surface area contributed by atoms with Crippen LogP contribution in [0.3, 0.4) is 0 Å². The number of hydrogen-bond donors (Lipinski definition) is 1. The van der Waals surface area contributed by atoms with Crippen molar-refractivity contribution in [3.8, 4) is 0 Å². The van der Waals surface area contributed by atoms with Gasteiger partial charge in [-0.25, -0.2) is 4.99 Å². The number of halogens is 1. The minimum Gasteiger partial charge on any atom is -0.466 e. The number of esters is 1. The number of rotatable bonds is 6. The molecule has 7 heteroatoms. The highest BCUT2D eigenvalue weighted by atomic mass is 127. The molecule has 0 spiro atoms. The van der Waals surface area contributed by atoms with Gasteiger partial charge in [0.15, 0.2) is 5.96 Å². The Labute approximate surface area is 191 Å². The van der Waals surface area contributed by atoms with E-state index in [1.807, 2.05) is 6.92 Å². The van der Waals surface area contributed by atoms with E-state index in [1.54, 1.807) is 0 Å². The van der Waals surface area contributed by atoms with Crippen molar-refractivity contribution in [2.75, 3.05) is 44.2 Å². The SMILES string of the molecule is CCNC(=NCc1ccc(N2CC=CC2)cc1)N1CCCC(C(=O)OCC)C1.I. The second-order valence-electron chi connectivity index (χ2n) is 7.25. The second kappa shape index (κ2) is 12.0.